The molecule has 2 heterocycles. The summed E-state index contributed by atoms with van der Waals surface area (Å²) >= 11 is 0. The molecule has 0 amide bonds. The zero-order valence-electron chi connectivity index (χ0n) is 15.8. The highest BCUT2D eigenvalue weighted by atomic mass is 16.5. The van der Waals surface area contributed by atoms with E-state index in [9.17, 15) is 5.11 Å². The van der Waals surface area contributed by atoms with Crippen LogP contribution < -0.4 is 4.90 Å². The molecule has 0 bridgehead atoms. The third-order valence-corrected chi connectivity index (χ3v) is 5.52. The van der Waals surface area contributed by atoms with Crippen molar-refractivity contribution >= 4 is 5.69 Å². The van der Waals surface area contributed by atoms with E-state index >= 15 is 0 Å². The number of benzene rings is 2. The summed E-state index contributed by atoms with van der Waals surface area (Å²) in [6, 6.07) is 18.2. The molecule has 2 saturated heterocycles. The van der Waals surface area contributed by atoms with Crippen molar-refractivity contribution in [2.75, 3.05) is 57.3 Å². The Bertz CT molecular complexity index is 699. The van der Waals surface area contributed by atoms with Crippen LogP contribution in [0.3, 0.4) is 0 Å². The number of phenols is 1. The van der Waals surface area contributed by atoms with E-state index in [2.05, 4.69) is 45.0 Å². The van der Waals surface area contributed by atoms with Gasteiger partial charge < -0.3 is 14.7 Å². The SMILES string of the molecule is Oc1ccc(CN2CCOC(CN3CCN(c4ccccc4)CC3)C2)cc1. The van der Waals surface area contributed by atoms with Crippen molar-refractivity contribution in [1.29, 1.82) is 0 Å². The molecule has 5 nitrogen and oxygen atoms in total. The van der Waals surface area contributed by atoms with Crippen LogP contribution in [0.2, 0.25) is 0 Å². The first-order chi connectivity index (χ1) is 13.3. The standard InChI is InChI=1S/C22H29N3O2/c26-21-8-6-19(7-9-21)16-24-14-15-27-22(18-24)17-23-10-12-25(13-11-23)20-4-2-1-3-5-20/h1-9,22,26H,10-18H2. The Labute approximate surface area is 161 Å². The molecule has 2 aromatic carbocycles. The summed E-state index contributed by atoms with van der Waals surface area (Å²) in [5.41, 5.74) is 2.57. The molecule has 27 heavy (non-hydrogen) atoms. The summed E-state index contributed by atoms with van der Waals surface area (Å²) in [5, 5.41) is 9.44. The molecule has 4 rings (SSSR count). The van der Waals surface area contributed by atoms with Crippen LogP contribution in [0.5, 0.6) is 5.75 Å². The van der Waals surface area contributed by atoms with Gasteiger partial charge >= 0.3 is 0 Å². The Hall–Kier alpha value is -2.08. The van der Waals surface area contributed by atoms with Gasteiger partial charge in [-0.05, 0) is 29.8 Å². The highest BCUT2D eigenvalue weighted by Gasteiger charge is 2.25. The van der Waals surface area contributed by atoms with Gasteiger partial charge in [0.2, 0.25) is 0 Å². The van der Waals surface area contributed by atoms with Gasteiger partial charge in [0, 0.05) is 58.0 Å². The molecule has 2 fully saturated rings. The number of hydrogen-bond donors (Lipinski definition) is 1. The zero-order chi connectivity index (χ0) is 18.5. The van der Waals surface area contributed by atoms with Crippen molar-refractivity contribution in [3.63, 3.8) is 0 Å². The molecular weight excluding hydrogens is 338 g/mol. The predicted molar refractivity (Wildman–Crippen MR) is 108 cm³/mol. The number of phenolic OH excluding ortho intramolecular Hbond substituents is 1. The highest BCUT2D eigenvalue weighted by molar-refractivity contribution is 5.46. The van der Waals surface area contributed by atoms with Crippen LogP contribution in [0.4, 0.5) is 5.69 Å². The first kappa shape index (κ1) is 18.3. The summed E-state index contributed by atoms with van der Waals surface area (Å²) < 4.78 is 6.04. The fourth-order valence-electron chi connectivity index (χ4n) is 4.01. The van der Waals surface area contributed by atoms with Crippen molar-refractivity contribution in [2.45, 2.75) is 12.6 Å². The Kier molecular flexibility index (Phi) is 5.92. The van der Waals surface area contributed by atoms with Gasteiger partial charge in [0.15, 0.2) is 0 Å². The van der Waals surface area contributed by atoms with Crippen molar-refractivity contribution in [1.82, 2.24) is 9.80 Å². The summed E-state index contributed by atoms with van der Waals surface area (Å²) in [7, 11) is 0. The fraction of sp³-hybridized carbons (Fsp3) is 0.455. The lowest BCUT2D eigenvalue weighted by atomic mass is 10.1. The number of hydrogen-bond acceptors (Lipinski definition) is 5. The van der Waals surface area contributed by atoms with Gasteiger partial charge in [0.05, 0.1) is 12.7 Å². The molecule has 1 atom stereocenters. The molecule has 0 aliphatic carbocycles. The van der Waals surface area contributed by atoms with Crippen LogP contribution in [0.15, 0.2) is 54.6 Å². The Morgan fingerprint density at radius 2 is 1.59 bits per heavy atom. The van der Waals surface area contributed by atoms with Gasteiger partial charge in [-0.2, -0.15) is 0 Å². The topological polar surface area (TPSA) is 39.2 Å². The van der Waals surface area contributed by atoms with Gasteiger partial charge in [-0.25, -0.2) is 0 Å². The van der Waals surface area contributed by atoms with Crippen molar-refractivity contribution in [3.05, 3.63) is 60.2 Å². The second-order valence-electron chi connectivity index (χ2n) is 7.52. The predicted octanol–water partition coefficient (Wildman–Crippen LogP) is 2.42. The summed E-state index contributed by atoms with van der Waals surface area (Å²) in [5.74, 6) is 0.327. The van der Waals surface area contributed by atoms with E-state index in [4.69, 9.17) is 4.74 Å². The minimum absolute atomic E-state index is 0.277. The number of ether oxygens (including phenoxy) is 1. The van der Waals surface area contributed by atoms with E-state index in [-0.39, 0.29) is 6.10 Å². The molecule has 144 valence electrons. The molecule has 1 N–H and O–H groups in total. The van der Waals surface area contributed by atoms with Crippen LogP contribution in [-0.2, 0) is 11.3 Å². The van der Waals surface area contributed by atoms with E-state index in [1.165, 1.54) is 11.3 Å². The van der Waals surface area contributed by atoms with Crippen LogP contribution in [0.1, 0.15) is 5.56 Å². The maximum absolute atomic E-state index is 9.44. The summed E-state index contributed by atoms with van der Waals surface area (Å²) in [6.45, 7) is 9.00. The van der Waals surface area contributed by atoms with E-state index < -0.39 is 0 Å². The molecule has 0 aromatic heterocycles. The number of piperazine rings is 1. The van der Waals surface area contributed by atoms with Crippen molar-refractivity contribution < 1.29 is 9.84 Å². The number of anilines is 1. The van der Waals surface area contributed by atoms with Gasteiger partial charge in [-0.3, -0.25) is 9.80 Å². The first-order valence-corrected chi connectivity index (χ1v) is 9.90. The molecule has 5 heteroatoms. The van der Waals surface area contributed by atoms with Gasteiger partial charge in [0.25, 0.3) is 0 Å². The molecule has 0 spiro atoms. The maximum atomic E-state index is 9.44. The smallest absolute Gasteiger partial charge is 0.115 e. The van der Waals surface area contributed by atoms with Crippen molar-refractivity contribution in [3.8, 4) is 5.75 Å². The largest absolute Gasteiger partial charge is 0.508 e. The van der Waals surface area contributed by atoms with Crippen LogP contribution >= 0.6 is 0 Å². The zero-order valence-corrected chi connectivity index (χ0v) is 15.8. The minimum Gasteiger partial charge on any atom is -0.508 e. The van der Waals surface area contributed by atoms with Crippen LogP contribution in [0, 0.1) is 0 Å². The average Bonchev–Trinajstić information content (AvgIpc) is 2.71. The molecule has 1 unspecified atom stereocenters. The number of nitrogens with zero attached hydrogens (tertiary/aromatic N) is 3. The van der Waals surface area contributed by atoms with Crippen LogP contribution in [-0.4, -0.2) is 73.4 Å². The quantitative estimate of drug-likeness (QED) is 0.879. The van der Waals surface area contributed by atoms with E-state index in [0.717, 1.165) is 59.0 Å². The third kappa shape index (κ3) is 5.01. The Morgan fingerprint density at radius 3 is 2.33 bits per heavy atom. The second kappa shape index (κ2) is 8.74. The molecule has 2 aliphatic rings. The highest BCUT2D eigenvalue weighted by Crippen LogP contribution is 2.18. The van der Waals surface area contributed by atoms with Gasteiger partial charge in [-0.15, -0.1) is 0 Å². The van der Waals surface area contributed by atoms with Gasteiger partial charge in [-0.1, -0.05) is 30.3 Å². The Balaban J connectivity index is 1.24. The Morgan fingerprint density at radius 1 is 0.852 bits per heavy atom. The molecule has 0 radical (unpaired) electrons. The average molecular weight is 367 g/mol. The van der Waals surface area contributed by atoms with E-state index in [1.807, 2.05) is 12.1 Å². The lowest BCUT2D eigenvalue weighted by Gasteiger charge is -2.40. The minimum atomic E-state index is 0.277. The maximum Gasteiger partial charge on any atom is 0.115 e. The first-order valence-electron chi connectivity index (χ1n) is 9.90. The normalized spacial score (nSPS) is 22.1. The molecule has 2 aromatic rings. The molecular formula is C22H29N3O2. The van der Waals surface area contributed by atoms with Crippen molar-refractivity contribution in [2.24, 2.45) is 0 Å². The monoisotopic (exact) mass is 367 g/mol. The molecule has 2 aliphatic heterocycles. The lowest BCUT2D eigenvalue weighted by Crippen LogP contribution is -2.52. The second-order valence-corrected chi connectivity index (χ2v) is 7.52. The van der Waals surface area contributed by atoms with Crippen LogP contribution in [0.25, 0.3) is 0 Å². The third-order valence-electron chi connectivity index (χ3n) is 5.52. The number of rotatable bonds is 5. The lowest BCUT2D eigenvalue weighted by molar-refractivity contribution is -0.0463. The molecule has 0 saturated carbocycles. The summed E-state index contributed by atoms with van der Waals surface area (Å²) in [4.78, 5) is 7.46. The fourth-order valence-corrected chi connectivity index (χ4v) is 4.01. The number of morpholine rings is 1. The number of aromatic hydroxyl groups is 1. The van der Waals surface area contributed by atoms with E-state index in [1.54, 1.807) is 12.1 Å². The summed E-state index contributed by atoms with van der Waals surface area (Å²) in [6.07, 6.45) is 0.277. The number of para-hydroxylation sites is 1. The van der Waals surface area contributed by atoms with Gasteiger partial charge in [0.1, 0.15) is 5.75 Å². The van der Waals surface area contributed by atoms with E-state index in [0.29, 0.717) is 5.75 Å².